The summed E-state index contributed by atoms with van der Waals surface area (Å²) in [5.41, 5.74) is 5.21. The summed E-state index contributed by atoms with van der Waals surface area (Å²) in [5, 5.41) is 6.70. The van der Waals surface area contributed by atoms with Gasteiger partial charge in [0.25, 0.3) is 5.91 Å². The Bertz CT molecular complexity index is 615. The second-order valence-electron chi connectivity index (χ2n) is 7.95. The number of carbonyl (C=O) groups is 2. The molecule has 0 bridgehead atoms. The summed E-state index contributed by atoms with van der Waals surface area (Å²) in [6, 6.07) is 2.10. The molecule has 164 valence electrons. The van der Waals surface area contributed by atoms with Crippen molar-refractivity contribution in [2.75, 3.05) is 19.6 Å². The lowest BCUT2D eigenvalue weighted by molar-refractivity contribution is -0.122. The lowest BCUT2D eigenvalue weighted by atomic mass is 9.95. The topological polar surface area (TPSA) is 101 Å². The fourth-order valence-corrected chi connectivity index (χ4v) is 3.78. The van der Waals surface area contributed by atoms with Crippen LogP contribution in [0, 0.1) is 0 Å². The summed E-state index contributed by atoms with van der Waals surface area (Å²) >= 11 is 0. The molecule has 2 heterocycles. The minimum atomic E-state index is -0.527. The van der Waals surface area contributed by atoms with Crippen LogP contribution >= 0.6 is 0 Å². The zero-order valence-corrected chi connectivity index (χ0v) is 18.1. The minimum Gasteiger partial charge on any atom is -0.364 e. The van der Waals surface area contributed by atoms with Gasteiger partial charge >= 0.3 is 0 Å². The molecule has 0 atom stereocenters. The van der Waals surface area contributed by atoms with E-state index in [1.54, 1.807) is 6.07 Å². The lowest BCUT2D eigenvalue weighted by Gasteiger charge is -2.23. The van der Waals surface area contributed by atoms with E-state index in [0.717, 1.165) is 25.1 Å². The van der Waals surface area contributed by atoms with Crippen molar-refractivity contribution in [2.45, 2.75) is 90.0 Å². The van der Waals surface area contributed by atoms with Gasteiger partial charge in [0.1, 0.15) is 5.76 Å². The molecule has 2 aliphatic carbocycles. The molecule has 0 spiro atoms. The van der Waals surface area contributed by atoms with Crippen LogP contribution in [0.1, 0.15) is 100 Å². The Labute approximate surface area is 174 Å². The molecule has 3 aliphatic rings. The van der Waals surface area contributed by atoms with Crippen LogP contribution < -0.4 is 11.1 Å². The monoisotopic (exact) mass is 406 g/mol. The second-order valence-corrected chi connectivity index (χ2v) is 7.95. The molecule has 1 aromatic rings. The third-order valence-corrected chi connectivity index (χ3v) is 5.58. The molecule has 2 amide bonds. The van der Waals surface area contributed by atoms with Crippen molar-refractivity contribution in [3.63, 3.8) is 0 Å². The number of primary amides is 1. The number of carbonyl (C=O) groups excluding carboxylic acids is 2. The molecule has 1 aromatic heterocycles. The highest BCUT2D eigenvalue weighted by Crippen LogP contribution is 2.40. The molecule has 2 saturated carbocycles. The molecule has 3 N–H and O–H groups in total. The first-order valence-electron chi connectivity index (χ1n) is 11.4. The molecule has 29 heavy (non-hydrogen) atoms. The van der Waals surface area contributed by atoms with Gasteiger partial charge in [-0.25, -0.2) is 0 Å². The van der Waals surface area contributed by atoms with Crippen LogP contribution in [0.4, 0.5) is 0 Å². The Kier molecular flexibility index (Phi) is 10.2. The van der Waals surface area contributed by atoms with Crippen molar-refractivity contribution in [1.29, 1.82) is 0 Å². The normalized spacial score (nSPS) is 19.5. The van der Waals surface area contributed by atoms with Crippen molar-refractivity contribution in [3.8, 4) is 0 Å². The molecular weight excluding hydrogens is 368 g/mol. The Morgan fingerprint density at radius 3 is 2.31 bits per heavy atom. The Morgan fingerprint density at radius 1 is 1.10 bits per heavy atom. The number of likely N-dealkylation sites (tertiary alicyclic amines) is 1. The summed E-state index contributed by atoms with van der Waals surface area (Å²) in [6.45, 7) is 7.34. The molecule has 3 fully saturated rings. The van der Waals surface area contributed by atoms with Crippen molar-refractivity contribution < 1.29 is 14.1 Å². The molecule has 0 radical (unpaired) electrons. The van der Waals surface area contributed by atoms with Gasteiger partial charge < -0.3 is 20.5 Å². The average Bonchev–Trinajstić information content (AvgIpc) is 3.24. The fraction of sp³-hybridized carbons (Fsp3) is 0.773. The van der Waals surface area contributed by atoms with Gasteiger partial charge in [0, 0.05) is 31.0 Å². The van der Waals surface area contributed by atoms with Crippen molar-refractivity contribution in [3.05, 3.63) is 17.5 Å². The van der Waals surface area contributed by atoms with Gasteiger partial charge in [0.15, 0.2) is 5.69 Å². The van der Waals surface area contributed by atoms with E-state index in [4.69, 9.17) is 10.3 Å². The van der Waals surface area contributed by atoms with Gasteiger partial charge in [-0.15, -0.1) is 0 Å². The maximum absolute atomic E-state index is 11.7. The van der Waals surface area contributed by atoms with Gasteiger partial charge in [0.2, 0.25) is 5.91 Å². The number of amides is 2. The van der Waals surface area contributed by atoms with Crippen LogP contribution in [-0.4, -0.2) is 47.5 Å². The Morgan fingerprint density at radius 2 is 1.76 bits per heavy atom. The van der Waals surface area contributed by atoms with Gasteiger partial charge in [-0.1, -0.05) is 38.3 Å². The van der Waals surface area contributed by atoms with E-state index in [1.165, 1.54) is 58.0 Å². The number of nitrogens with one attached hydrogen (secondary N) is 1. The minimum absolute atomic E-state index is 0.229. The van der Waals surface area contributed by atoms with E-state index in [-0.39, 0.29) is 11.6 Å². The number of nitrogens with zero attached hydrogens (tertiary/aromatic N) is 2. The van der Waals surface area contributed by atoms with E-state index in [9.17, 15) is 9.59 Å². The van der Waals surface area contributed by atoms with Crippen LogP contribution in [0.15, 0.2) is 10.6 Å². The standard InChI is InChI=1S/C13H24N2O.C7H8N2O2.C2H6/c16-13(8-11-15-9-4-5-10-15)14-12-6-2-1-3-7-12;8-7(10)5-3-6(11-9-5)4-1-2-4;1-2/h12H,1-11H2,(H,14,16);3-4H,1-2H2,(H2,8,10);1-2H3. The molecule has 1 saturated heterocycles. The zero-order valence-electron chi connectivity index (χ0n) is 18.1. The molecular formula is C22H38N4O3. The second kappa shape index (κ2) is 12.6. The van der Waals surface area contributed by atoms with Crippen molar-refractivity contribution in [2.24, 2.45) is 5.73 Å². The average molecular weight is 407 g/mol. The number of hydrogen-bond acceptors (Lipinski definition) is 5. The lowest BCUT2D eigenvalue weighted by Crippen LogP contribution is -2.37. The summed E-state index contributed by atoms with van der Waals surface area (Å²) in [6.07, 6.45) is 11.9. The van der Waals surface area contributed by atoms with Crippen molar-refractivity contribution in [1.82, 2.24) is 15.4 Å². The molecule has 0 aromatic carbocycles. The van der Waals surface area contributed by atoms with Gasteiger partial charge in [-0.05, 0) is 51.6 Å². The predicted molar refractivity (Wildman–Crippen MR) is 114 cm³/mol. The van der Waals surface area contributed by atoms with Crippen LogP contribution in [0.3, 0.4) is 0 Å². The SMILES string of the molecule is CC.NC(=O)c1cc(C2CC2)on1.O=C(CCN1CCCC1)NC1CCCCC1. The number of nitrogens with two attached hydrogens (primary N) is 1. The Balaban J connectivity index is 0.000000201. The molecule has 0 unspecified atom stereocenters. The largest absolute Gasteiger partial charge is 0.364 e. The molecule has 7 heteroatoms. The third-order valence-electron chi connectivity index (χ3n) is 5.58. The number of aromatic nitrogens is 1. The van der Waals surface area contributed by atoms with E-state index >= 15 is 0 Å². The highest BCUT2D eigenvalue weighted by atomic mass is 16.5. The Hall–Kier alpha value is -1.89. The van der Waals surface area contributed by atoms with E-state index in [2.05, 4.69) is 15.4 Å². The molecule has 1 aliphatic heterocycles. The number of hydrogen-bond donors (Lipinski definition) is 2. The summed E-state index contributed by atoms with van der Waals surface area (Å²) in [7, 11) is 0. The third kappa shape index (κ3) is 8.56. The fourth-order valence-electron chi connectivity index (χ4n) is 3.78. The van der Waals surface area contributed by atoms with Crippen LogP contribution in [0.25, 0.3) is 0 Å². The predicted octanol–water partition coefficient (Wildman–Crippen LogP) is 3.60. The van der Waals surface area contributed by atoms with Crippen LogP contribution in [-0.2, 0) is 4.79 Å². The molecule has 4 rings (SSSR count). The smallest absolute Gasteiger partial charge is 0.270 e. The highest BCUT2D eigenvalue weighted by Gasteiger charge is 2.28. The summed E-state index contributed by atoms with van der Waals surface area (Å²) in [5.74, 6) is 1.01. The zero-order chi connectivity index (χ0) is 21.1. The van der Waals surface area contributed by atoms with E-state index in [0.29, 0.717) is 18.4 Å². The van der Waals surface area contributed by atoms with Crippen molar-refractivity contribution >= 4 is 11.8 Å². The summed E-state index contributed by atoms with van der Waals surface area (Å²) < 4.78 is 4.90. The van der Waals surface area contributed by atoms with Gasteiger partial charge in [-0.2, -0.15) is 0 Å². The maximum atomic E-state index is 11.7. The number of rotatable bonds is 6. The highest BCUT2D eigenvalue weighted by molar-refractivity contribution is 5.90. The van der Waals surface area contributed by atoms with Crippen LogP contribution in [0.5, 0.6) is 0 Å². The maximum Gasteiger partial charge on any atom is 0.270 e. The first-order chi connectivity index (χ1) is 14.1. The van der Waals surface area contributed by atoms with E-state index < -0.39 is 5.91 Å². The van der Waals surface area contributed by atoms with E-state index in [1.807, 2.05) is 13.8 Å². The molecule has 7 nitrogen and oxygen atoms in total. The van der Waals surface area contributed by atoms with Gasteiger partial charge in [-0.3, -0.25) is 9.59 Å². The quantitative estimate of drug-likeness (QED) is 0.751. The first kappa shape index (κ1) is 23.4. The summed E-state index contributed by atoms with van der Waals surface area (Å²) in [4.78, 5) is 24.7. The van der Waals surface area contributed by atoms with Gasteiger partial charge in [0.05, 0.1) is 0 Å². The first-order valence-corrected chi connectivity index (χ1v) is 11.4. The van der Waals surface area contributed by atoms with Crippen LogP contribution in [0.2, 0.25) is 0 Å².